The van der Waals surface area contributed by atoms with Crippen LogP contribution in [0.2, 0.25) is 5.02 Å². The third-order valence-electron chi connectivity index (χ3n) is 1.33. The standard InChI is InChI=1S/C6H2BrCl2NS2/c7-3-1-5-6(2-4(3)8)11-12(9)10-5/h1-2H. The first-order valence-electron chi connectivity index (χ1n) is 2.96. The second kappa shape index (κ2) is 3.50. The van der Waals surface area contributed by atoms with Gasteiger partial charge in [0, 0.05) is 9.37 Å². The van der Waals surface area contributed by atoms with Crippen LogP contribution in [0.1, 0.15) is 0 Å². The average Bonchev–Trinajstić information content (AvgIpc) is 2.30. The van der Waals surface area contributed by atoms with Crippen LogP contribution in [0.3, 0.4) is 0 Å². The molecule has 0 saturated heterocycles. The largest absolute Gasteiger partial charge is 0.200 e. The number of nitrogens with zero attached hydrogens (tertiary/aromatic N) is 1. The number of benzene rings is 1. The Morgan fingerprint density at radius 2 is 2.25 bits per heavy atom. The van der Waals surface area contributed by atoms with Crippen LogP contribution >= 0.6 is 49.0 Å². The predicted octanol–water partition coefficient (Wildman–Crippen LogP) is 4.71. The van der Waals surface area contributed by atoms with E-state index in [9.17, 15) is 0 Å². The normalized spacial score (nSPS) is 20.4. The lowest BCUT2D eigenvalue weighted by Crippen LogP contribution is -1.70. The van der Waals surface area contributed by atoms with Crippen molar-refractivity contribution in [3.63, 3.8) is 0 Å². The molecule has 1 aromatic rings. The summed E-state index contributed by atoms with van der Waals surface area (Å²) in [6, 6.07) is 3.77. The van der Waals surface area contributed by atoms with Crippen LogP contribution < -0.4 is 0 Å². The SMILES string of the molecule is Clc1cc2c(cc1Br)N=S(Cl)S2. The summed E-state index contributed by atoms with van der Waals surface area (Å²) in [5.41, 5.74) is 0.926. The Morgan fingerprint density at radius 3 is 3.00 bits per heavy atom. The zero-order chi connectivity index (χ0) is 8.72. The van der Waals surface area contributed by atoms with E-state index < -0.39 is 8.94 Å². The molecule has 1 unspecified atom stereocenters. The molecule has 0 bridgehead atoms. The maximum atomic E-state index is 5.90. The molecule has 1 aromatic carbocycles. The van der Waals surface area contributed by atoms with Crippen molar-refractivity contribution in [2.24, 2.45) is 4.36 Å². The Balaban J connectivity index is 2.57. The highest BCUT2D eigenvalue weighted by molar-refractivity contribution is 9.10. The van der Waals surface area contributed by atoms with Gasteiger partial charge in [-0.05, 0) is 49.5 Å². The van der Waals surface area contributed by atoms with Gasteiger partial charge in [0.1, 0.15) is 0 Å². The first-order chi connectivity index (χ1) is 5.66. The summed E-state index contributed by atoms with van der Waals surface area (Å²) in [5, 5.41) is 0.701. The Hall–Kier alpha value is 0.780. The fraction of sp³-hybridized carbons (Fsp3) is 0. The minimum Gasteiger partial charge on any atom is -0.200 e. The Bertz CT molecular complexity index is 380. The second-order valence-electron chi connectivity index (χ2n) is 2.12. The molecule has 1 heterocycles. The van der Waals surface area contributed by atoms with Gasteiger partial charge in [0.05, 0.1) is 19.6 Å². The van der Waals surface area contributed by atoms with Gasteiger partial charge in [0.2, 0.25) is 0 Å². The van der Waals surface area contributed by atoms with Gasteiger partial charge in [-0.25, -0.2) is 4.36 Å². The second-order valence-corrected chi connectivity index (χ2v) is 7.45. The van der Waals surface area contributed by atoms with E-state index in [1.807, 2.05) is 12.1 Å². The minimum atomic E-state index is -0.451. The van der Waals surface area contributed by atoms with Crippen molar-refractivity contribution in [3.05, 3.63) is 21.6 Å². The van der Waals surface area contributed by atoms with Crippen molar-refractivity contribution < 1.29 is 0 Å². The maximum Gasteiger partial charge on any atom is 0.0883 e. The molecule has 0 spiro atoms. The molecule has 0 radical (unpaired) electrons. The molecular formula is C6H2BrCl2NS2. The fourth-order valence-corrected chi connectivity index (χ4v) is 4.32. The van der Waals surface area contributed by atoms with Gasteiger partial charge in [-0.2, -0.15) is 0 Å². The van der Waals surface area contributed by atoms with Crippen molar-refractivity contribution in [2.75, 3.05) is 0 Å². The fourth-order valence-electron chi connectivity index (χ4n) is 0.826. The van der Waals surface area contributed by atoms with Crippen molar-refractivity contribution >= 4 is 63.6 Å². The van der Waals surface area contributed by atoms with Crippen molar-refractivity contribution in [1.29, 1.82) is 0 Å². The quantitative estimate of drug-likeness (QED) is 0.632. The van der Waals surface area contributed by atoms with Gasteiger partial charge >= 0.3 is 0 Å². The van der Waals surface area contributed by atoms with E-state index in [0.717, 1.165) is 15.1 Å². The van der Waals surface area contributed by atoms with Crippen LogP contribution in [-0.4, -0.2) is 0 Å². The third kappa shape index (κ3) is 1.68. The Kier molecular flexibility index (Phi) is 2.72. The van der Waals surface area contributed by atoms with Crippen molar-refractivity contribution in [1.82, 2.24) is 0 Å². The minimum absolute atomic E-state index is 0.451. The van der Waals surface area contributed by atoms with Crippen LogP contribution in [0, 0.1) is 0 Å². The number of halogens is 3. The summed E-state index contributed by atoms with van der Waals surface area (Å²) in [6.45, 7) is 0. The highest BCUT2D eigenvalue weighted by Gasteiger charge is 2.15. The molecule has 1 atom stereocenters. The molecule has 1 nitrogen and oxygen atoms in total. The smallest absolute Gasteiger partial charge is 0.0883 e. The van der Waals surface area contributed by atoms with Crippen molar-refractivity contribution in [2.45, 2.75) is 4.90 Å². The van der Waals surface area contributed by atoms with Crippen LogP contribution in [-0.2, 0) is 8.94 Å². The van der Waals surface area contributed by atoms with Crippen LogP contribution in [0.4, 0.5) is 5.69 Å². The summed E-state index contributed by atoms with van der Waals surface area (Å²) < 4.78 is 5.09. The summed E-state index contributed by atoms with van der Waals surface area (Å²) in [7, 11) is 6.93. The molecule has 1 aliphatic rings. The molecule has 6 heteroatoms. The molecule has 2 rings (SSSR count). The number of rotatable bonds is 0. The zero-order valence-corrected chi connectivity index (χ0v) is 10.3. The predicted molar refractivity (Wildman–Crippen MR) is 60.3 cm³/mol. The van der Waals surface area contributed by atoms with Gasteiger partial charge < -0.3 is 0 Å². The maximum absolute atomic E-state index is 5.90. The topological polar surface area (TPSA) is 12.4 Å². The average molecular weight is 303 g/mol. The molecule has 12 heavy (non-hydrogen) atoms. The summed E-state index contributed by atoms with van der Waals surface area (Å²) in [4.78, 5) is 1.06. The first-order valence-corrected chi connectivity index (χ1v) is 7.48. The van der Waals surface area contributed by atoms with E-state index in [1.165, 1.54) is 10.8 Å². The summed E-state index contributed by atoms with van der Waals surface area (Å²) >= 11 is 9.23. The number of hydrogen-bond donors (Lipinski definition) is 0. The van der Waals surface area contributed by atoms with Crippen LogP contribution in [0.5, 0.6) is 0 Å². The number of hydrogen-bond acceptors (Lipinski definition) is 2. The molecule has 0 N–H and O–H groups in total. The highest BCUT2D eigenvalue weighted by atomic mass is 79.9. The number of fused-ring (bicyclic) bond motifs is 1. The zero-order valence-electron chi connectivity index (χ0n) is 5.55. The van der Waals surface area contributed by atoms with Crippen LogP contribution in [0.15, 0.2) is 25.9 Å². The molecular weight excluding hydrogens is 301 g/mol. The molecule has 64 valence electrons. The van der Waals surface area contributed by atoms with Gasteiger partial charge in [-0.3, -0.25) is 0 Å². The first kappa shape index (κ1) is 9.34. The van der Waals surface area contributed by atoms with Gasteiger partial charge in [-0.15, -0.1) is 0 Å². The molecule has 0 amide bonds. The van der Waals surface area contributed by atoms with Crippen LogP contribution in [0.25, 0.3) is 0 Å². The van der Waals surface area contributed by atoms with Gasteiger partial charge in [0.15, 0.2) is 0 Å². The van der Waals surface area contributed by atoms with E-state index >= 15 is 0 Å². The Labute approximate surface area is 94.0 Å². The van der Waals surface area contributed by atoms with Crippen molar-refractivity contribution in [3.8, 4) is 0 Å². The van der Waals surface area contributed by atoms with Gasteiger partial charge in [0.25, 0.3) is 0 Å². The molecule has 0 fully saturated rings. The summed E-state index contributed by atoms with van der Waals surface area (Å²) in [6.07, 6.45) is 0. The lowest BCUT2D eigenvalue weighted by molar-refractivity contribution is 1.40. The van der Waals surface area contributed by atoms with E-state index in [1.54, 1.807) is 0 Å². The molecule has 0 aliphatic carbocycles. The lowest BCUT2D eigenvalue weighted by Gasteiger charge is -1.98. The third-order valence-corrected chi connectivity index (χ3v) is 5.46. The molecule has 0 aromatic heterocycles. The molecule has 0 saturated carbocycles. The highest BCUT2D eigenvalue weighted by Crippen LogP contribution is 2.45. The molecule has 1 aliphatic heterocycles. The van der Waals surface area contributed by atoms with E-state index in [0.29, 0.717) is 5.02 Å². The van der Waals surface area contributed by atoms with Gasteiger partial charge in [-0.1, -0.05) is 11.6 Å². The van der Waals surface area contributed by atoms with E-state index in [2.05, 4.69) is 20.3 Å². The summed E-state index contributed by atoms with van der Waals surface area (Å²) in [5.74, 6) is 0. The Morgan fingerprint density at radius 1 is 1.50 bits per heavy atom. The van der Waals surface area contributed by atoms with E-state index in [-0.39, 0.29) is 0 Å². The van der Waals surface area contributed by atoms with E-state index in [4.69, 9.17) is 22.3 Å². The lowest BCUT2D eigenvalue weighted by atomic mass is 10.3. The monoisotopic (exact) mass is 301 g/mol.